The van der Waals surface area contributed by atoms with Gasteiger partial charge in [0.05, 0.1) is 17.5 Å². The van der Waals surface area contributed by atoms with Crippen LogP contribution in [-0.4, -0.2) is 48.2 Å². The smallest absolute Gasteiger partial charge is 0.243 e. The molecule has 8 heteroatoms. The highest BCUT2D eigenvalue weighted by Crippen LogP contribution is 2.32. The van der Waals surface area contributed by atoms with Crippen LogP contribution >= 0.6 is 0 Å². The number of alkyl halides is 1. The van der Waals surface area contributed by atoms with Crippen LogP contribution < -0.4 is 0 Å². The fraction of sp³-hybridized carbons (Fsp3) is 0.263. The van der Waals surface area contributed by atoms with Crippen molar-refractivity contribution >= 4 is 20.9 Å². The number of aliphatic hydroxyl groups excluding tert-OH is 1. The summed E-state index contributed by atoms with van der Waals surface area (Å²) in [5.74, 6) is -0.340. The largest absolute Gasteiger partial charge is 0.395 e. The Morgan fingerprint density at radius 2 is 1.93 bits per heavy atom. The second-order valence-corrected chi connectivity index (χ2v) is 8.55. The molecule has 0 spiro atoms. The van der Waals surface area contributed by atoms with Crippen molar-refractivity contribution in [1.82, 2.24) is 9.29 Å². The first-order chi connectivity index (χ1) is 12.9. The van der Waals surface area contributed by atoms with E-state index in [1.807, 2.05) is 0 Å². The van der Waals surface area contributed by atoms with Crippen molar-refractivity contribution in [3.63, 3.8) is 0 Å². The maximum absolute atomic E-state index is 13.6. The molecule has 1 aliphatic heterocycles. The number of halogens is 2. The normalized spacial score (nSPS) is 21.1. The number of sulfonamides is 1. The fourth-order valence-electron chi connectivity index (χ4n) is 3.57. The van der Waals surface area contributed by atoms with Gasteiger partial charge in [-0.1, -0.05) is 12.1 Å². The maximum atomic E-state index is 13.6. The first-order valence-electron chi connectivity index (χ1n) is 8.54. The van der Waals surface area contributed by atoms with Crippen LogP contribution in [-0.2, 0) is 10.0 Å². The fourth-order valence-corrected chi connectivity index (χ4v) is 5.22. The van der Waals surface area contributed by atoms with E-state index in [0.717, 1.165) is 20.8 Å². The molecule has 1 fully saturated rings. The average Bonchev–Trinajstić information content (AvgIpc) is 3.25. The number of aliphatic hydroxyl groups is 1. The van der Waals surface area contributed by atoms with Crippen LogP contribution in [0.3, 0.4) is 0 Å². The van der Waals surface area contributed by atoms with Crippen molar-refractivity contribution in [2.75, 3.05) is 13.2 Å². The molecule has 0 radical (unpaired) electrons. The van der Waals surface area contributed by atoms with Crippen molar-refractivity contribution in [2.24, 2.45) is 0 Å². The molecule has 0 amide bonds. The zero-order chi connectivity index (χ0) is 19.2. The summed E-state index contributed by atoms with van der Waals surface area (Å²) < 4.78 is 53.6. The number of aromatic amines is 1. The van der Waals surface area contributed by atoms with Gasteiger partial charge in [0.1, 0.15) is 12.0 Å². The Hall–Kier alpha value is -2.29. The zero-order valence-electron chi connectivity index (χ0n) is 14.3. The van der Waals surface area contributed by atoms with Gasteiger partial charge in [0.25, 0.3) is 0 Å². The number of H-pyrrole nitrogens is 1. The Labute approximate surface area is 155 Å². The van der Waals surface area contributed by atoms with E-state index in [9.17, 15) is 22.3 Å². The molecular formula is C19H18F2N2O3S. The molecule has 4 rings (SSSR count). The monoisotopic (exact) mass is 392 g/mol. The first-order valence-corrected chi connectivity index (χ1v) is 9.98. The highest BCUT2D eigenvalue weighted by molar-refractivity contribution is 7.89. The van der Waals surface area contributed by atoms with Crippen molar-refractivity contribution in [1.29, 1.82) is 0 Å². The molecule has 1 saturated heterocycles. The van der Waals surface area contributed by atoms with E-state index in [1.165, 1.54) is 24.3 Å². The number of nitrogens with zero attached hydrogens (tertiary/aromatic N) is 1. The summed E-state index contributed by atoms with van der Waals surface area (Å²) in [5, 5.41) is 10.2. The minimum Gasteiger partial charge on any atom is -0.395 e. The second kappa shape index (κ2) is 6.70. The third-order valence-electron chi connectivity index (χ3n) is 4.94. The SMILES string of the molecule is O=S(=O)(c1ccc(-c2c[nH]c3cc(F)ccc23)cc1)N1C[C@@H](F)C[C@H]1CO. The molecule has 1 aromatic heterocycles. The van der Waals surface area contributed by atoms with Crippen molar-refractivity contribution in [3.8, 4) is 11.1 Å². The number of hydrogen-bond donors (Lipinski definition) is 2. The van der Waals surface area contributed by atoms with Crippen LogP contribution in [0.4, 0.5) is 8.78 Å². The Bertz CT molecular complexity index is 1080. The molecule has 3 aromatic rings. The van der Waals surface area contributed by atoms with Crippen LogP contribution in [0.5, 0.6) is 0 Å². The van der Waals surface area contributed by atoms with Gasteiger partial charge in [0.2, 0.25) is 10.0 Å². The second-order valence-electron chi connectivity index (χ2n) is 6.66. The molecule has 27 heavy (non-hydrogen) atoms. The van der Waals surface area contributed by atoms with Crippen LogP contribution in [0, 0.1) is 5.82 Å². The average molecular weight is 392 g/mol. The Kier molecular flexibility index (Phi) is 4.49. The maximum Gasteiger partial charge on any atom is 0.243 e. The van der Waals surface area contributed by atoms with E-state index in [0.29, 0.717) is 5.52 Å². The van der Waals surface area contributed by atoms with E-state index in [2.05, 4.69) is 4.98 Å². The molecule has 2 atom stereocenters. The lowest BCUT2D eigenvalue weighted by Gasteiger charge is -2.22. The van der Waals surface area contributed by atoms with Gasteiger partial charge in [-0.3, -0.25) is 0 Å². The van der Waals surface area contributed by atoms with E-state index < -0.39 is 28.8 Å². The number of aromatic nitrogens is 1. The summed E-state index contributed by atoms with van der Waals surface area (Å²) in [6.07, 6.45) is 0.464. The van der Waals surface area contributed by atoms with Gasteiger partial charge in [0.15, 0.2) is 0 Å². The molecule has 0 aliphatic carbocycles. The van der Waals surface area contributed by atoms with Gasteiger partial charge in [-0.2, -0.15) is 4.31 Å². The van der Waals surface area contributed by atoms with E-state index in [1.54, 1.807) is 24.4 Å². The van der Waals surface area contributed by atoms with E-state index >= 15 is 0 Å². The van der Waals surface area contributed by atoms with Gasteiger partial charge in [-0.15, -0.1) is 0 Å². The predicted molar refractivity (Wildman–Crippen MR) is 98.0 cm³/mol. The molecule has 2 heterocycles. The lowest BCUT2D eigenvalue weighted by molar-refractivity contribution is 0.213. The van der Waals surface area contributed by atoms with Crippen LogP contribution in [0.15, 0.2) is 53.6 Å². The molecule has 0 saturated carbocycles. The standard InChI is InChI=1S/C19H18F2N2O3S/c20-13-3-6-17-18(9-22-19(17)8-13)12-1-4-16(5-2-12)27(25,26)23-10-14(21)7-15(23)11-24/h1-6,8-9,14-15,22,24H,7,10-11H2/t14-,15-/m0/s1. The third kappa shape index (κ3) is 3.13. The summed E-state index contributed by atoms with van der Waals surface area (Å²) >= 11 is 0. The third-order valence-corrected chi connectivity index (χ3v) is 6.87. The lowest BCUT2D eigenvalue weighted by Crippen LogP contribution is -2.37. The highest BCUT2D eigenvalue weighted by atomic mass is 32.2. The predicted octanol–water partition coefficient (Wildman–Crippen LogP) is 3.07. The number of rotatable bonds is 4. The van der Waals surface area contributed by atoms with Crippen LogP contribution in [0.1, 0.15) is 6.42 Å². The number of benzene rings is 2. The van der Waals surface area contributed by atoms with Crippen molar-refractivity contribution < 1.29 is 22.3 Å². The quantitative estimate of drug-likeness (QED) is 0.717. The minimum atomic E-state index is -3.89. The number of hydrogen-bond acceptors (Lipinski definition) is 3. The Morgan fingerprint density at radius 1 is 1.19 bits per heavy atom. The molecule has 5 nitrogen and oxygen atoms in total. The van der Waals surface area contributed by atoms with Crippen molar-refractivity contribution in [3.05, 3.63) is 54.5 Å². The molecular weight excluding hydrogens is 374 g/mol. The van der Waals surface area contributed by atoms with Gasteiger partial charge >= 0.3 is 0 Å². The van der Waals surface area contributed by atoms with Crippen molar-refractivity contribution in [2.45, 2.75) is 23.5 Å². The first kappa shape index (κ1) is 18.1. The van der Waals surface area contributed by atoms with Gasteiger partial charge in [0, 0.05) is 29.2 Å². The summed E-state index contributed by atoms with van der Waals surface area (Å²) in [6.45, 7) is -0.660. The Balaban J connectivity index is 1.67. The summed E-state index contributed by atoms with van der Waals surface area (Å²) in [4.78, 5) is 3.05. The molecule has 0 unspecified atom stereocenters. The molecule has 1 aliphatic rings. The van der Waals surface area contributed by atoms with E-state index in [4.69, 9.17) is 0 Å². The van der Waals surface area contributed by atoms with Crippen LogP contribution in [0.2, 0.25) is 0 Å². The summed E-state index contributed by atoms with van der Waals surface area (Å²) in [7, 11) is -3.89. The molecule has 0 bridgehead atoms. The minimum absolute atomic E-state index is 0.000285. The number of fused-ring (bicyclic) bond motifs is 1. The van der Waals surface area contributed by atoms with Crippen LogP contribution in [0.25, 0.3) is 22.0 Å². The molecule has 2 N–H and O–H groups in total. The van der Waals surface area contributed by atoms with Gasteiger partial charge in [-0.05, 0) is 42.3 Å². The van der Waals surface area contributed by atoms with Gasteiger partial charge < -0.3 is 10.1 Å². The number of nitrogens with one attached hydrogen (secondary N) is 1. The Morgan fingerprint density at radius 3 is 2.63 bits per heavy atom. The van der Waals surface area contributed by atoms with E-state index in [-0.39, 0.29) is 23.7 Å². The topological polar surface area (TPSA) is 73.4 Å². The lowest BCUT2D eigenvalue weighted by atomic mass is 10.1. The summed E-state index contributed by atoms with van der Waals surface area (Å²) in [5.41, 5.74) is 2.25. The summed E-state index contributed by atoms with van der Waals surface area (Å²) in [6, 6.07) is 9.94. The highest BCUT2D eigenvalue weighted by Gasteiger charge is 2.40. The van der Waals surface area contributed by atoms with Gasteiger partial charge in [-0.25, -0.2) is 17.2 Å². The molecule has 142 valence electrons. The molecule has 2 aromatic carbocycles. The zero-order valence-corrected chi connectivity index (χ0v) is 15.1.